The number of benzene rings is 1. The number of aryl methyl sites for hydroxylation is 1. The molecule has 0 aliphatic rings. The molecule has 5 nitrogen and oxygen atoms in total. The fourth-order valence-electron chi connectivity index (χ4n) is 1.69. The maximum absolute atomic E-state index is 11.9. The van der Waals surface area contributed by atoms with E-state index in [0.29, 0.717) is 12.2 Å². The van der Waals surface area contributed by atoms with E-state index >= 15 is 0 Å². The lowest BCUT2D eigenvalue weighted by atomic mass is 10.1. The van der Waals surface area contributed by atoms with E-state index in [0.717, 1.165) is 5.56 Å². The van der Waals surface area contributed by atoms with Crippen LogP contribution >= 0.6 is 23.5 Å². The lowest BCUT2D eigenvalue weighted by molar-refractivity contribution is 0.0635. The van der Waals surface area contributed by atoms with E-state index in [1.54, 1.807) is 26.8 Å². The predicted molar refractivity (Wildman–Crippen MR) is 83.7 cm³/mol. The first-order valence-corrected chi connectivity index (χ1v) is 7.10. The number of methoxy groups -OCH3 is 1. The Morgan fingerprint density at radius 3 is 2.43 bits per heavy atom. The van der Waals surface area contributed by atoms with E-state index in [1.807, 2.05) is 6.92 Å². The zero-order valence-electron chi connectivity index (χ0n) is 12.7. The van der Waals surface area contributed by atoms with Crippen LogP contribution in [0, 0.1) is 0 Å². The van der Waals surface area contributed by atoms with Crippen LogP contribution in [0.2, 0.25) is 5.02 Å². The molecular formula is C14H19Cl2NO4. The number of anilines is 1. The number of ether oxygens (including phenoxy) is 2. The second-order valence-corrected chi connectivity index (χ2v) is 5.85. The highest BCUT2D eigenvalue weighted by Crippen LogP contribution is 2.43. The topological polar surface area (TPSA) is 56.8 Å². The van der Waals surface area contributed by atoms with Gasteiger partial charge in [0.1, 0.15) is 33.9 Å². The summed E-state index contributed by atoms with van der Waals surface area (Å²) in [6.07, 6.45) is -0.0341. The Bertz CT molecular complexity index is 527. The van der Waals surface area contributed by atoms with Crippen molar-refractivity contribution in [3.63, 3.8) is 0 Å². The minimum Gasteiger partial charge on any atom is -0.495 e. The third-order valence-corrected chi connectivity index (χ3v) is 3.09. The quantitative estimate of drug-likeness (QED) is 0.859. The zero-order chi connectivity index (χ0) is 16.2. The number of nitrogens with one attached hydrogen (secondary N) is 1. The molecule has 0 radical (unpaired) electrons. The van der Waals surface area contributed by atoms with Gasteiger partial charge in [0.05, 0.1) is 7.11 Å². The first-order valence-electron chi connectivity index (χ1n) is 6.41. The minimum absolute atomic E-state index is 0.191. The van der Waals surface area contributed by atoms with E-state index in [4.69, 9.17) is 37.2 Å². The molecular weight excluding hydrogens is 317 g/mol. The number of halogens is 2. The third kappa shape index (κ3) is 4.58. The van der Waals surface area contributed by atoms with Crippen LogP contribution in [0.5, 0.6) is 11.5 Å². The summed E-state index contributed by atoms with van der Waals surface area (Å²) in [5.41, 5.74) is 0.333. The molecule has 0 atom stereocenters. The van der Waals surface area contributed by atoms with Gasteiger partial charge in [-0.25, -0.2) is 4.79 Å². The van der Waals surface area contributed by atoms with Crippen LogP contribution in [0.4, 0.5) is 10.5 Å². The van der Waals surface area contributed by atoms with E-state index in [1.165, 1.54) is 7.11 Å². The summed E-state index contributed by atoms with van der Waals surface area (Å²) in [6.45, 7) is 7.20. The molecule has 21 heavy (non-hydrogen) atoms. The van der Waals surface area contributed by atoms with Crippen molar-refractivity contribution in [1.29, 1.82) is 0 Å². The SMILES string of the molecule is CCc1cc(OC)c(Cl)c(NC(=O)OC(C)(C)C)c1OCl. The van der Waals surface area contributed by atoms with Crippen molar-refractivity contribution < 1.29 is 18.6 Å². The molecule has 0 fully saturated rings. The summed E-state index contributed by atoms with van der Waals surface area (Å²) in [4.78, 5) is 11.9. The Kier molecular flexibility index (Phi) is 5.98. The lowest BCUT2D eigenvalue weighted by Gasteiger charge is -2.21. The highest BCUT2D eigenvalue weighted by atomic mass is 35.5. The molecule has 118 valence electrons. The smallest absolute Gasteiger partial charge is 0.412 e. The minimum atomic E-state index is -0.658. The molecule has 1 N–H and O–H groups in total. The summed E-state index contributed by atoms with van der Waals surface area (Å²) in [7, 11) is 1.49. The molecule has 0 unspecified atom stereocenters. The van der Waals surface area contributed by atoms with Crippen molar-refractivity contribution in [2.75, 3.05) is 12.4 Å². The van der Waals surface area contributed by atoms with Gasteiger partial charge in [0.25, 0.3) is 0 Å². The van der Waals surface area contributed by atoms with Crippen LogP contribution in [-0.2, 0) is 11.2 Å². The maximum atomic E-state index is 11.9. The van der Waals surface area contributed by atoms with Crippen LogP contribution in [0.3, 0.4) is 0 Å². The van der Waals surface area contributed by atoms with Gasteiger partial charge in [0.2, 0.25) is 0 Å². The lowest BCUT2D eigenvalue weighted by Crippen LogP contribution is -2.27. The van der Waals surface area contributed by atoms with Gasteiger partial charge >= 0.3 is 6.09 Å². The summed E-state index contributed by atoms with van der Waals surface area (Å²) in [5, 5.41) is 2.74. The average Bonchev–Trinajstić information content (AvgIpc) is 2.38. The van der Waals surface area contributed by atoms with Crippen molar-refractivity contribution in [2.24, 2.45) is 0 Å². The Hall–Kier alpha value is -1.33. The molecule has 1 aromatic carbocycles. The Morgan fingerprint density at radius 1 is 1.38 bits per heavy atom. The highest BCUT2D eigenvalue weighted by molar-refractivity contribution is 6.35. The Morgan fingerprint density at radius 2 is 2.00 bits per heavy atom. The van der Waals surface area contributed by atoms with Gasteiger partial charge in [0, 0.05) is 5.56 Å². The summed E-state index contributed by atoms with van der Waals surface area (Å²) >= 11 is 11.7. The standard InChI is InChI=1S/C14H19Cl2NO4/c1-6-8-7-9(19-5)10(15)11(12(8)21-16)17-13(18)20-14(2,3)4/h7H,6H2,1-5H3,(H,17,18). The largest absolute Gasteiger partial charge is 0.495 e. The molecule has 0 spiro atoms. The molecule has 0 aromatic heterocycles. The number of carbonyl (C=O) groups is 1. The van der Waals surface area contributed by atoms with Gasteiger partial charge in [-0.1, -0.05) is 18.5 Å². The van der Waals surface area contributed by atoms with Crippen LogP contribution in [0.15, 0.2) is 6.07 Å². The highest BCUT2D eigenvalue weighted by Gasteiger charge is 2.23. The number of rotatable bonds is 4. The van der Waals surface area contributed by atoms with Crippen molar-refractivity contribution in [1.82, 2.24) is 0 Å². The van der Waals surface area contributed by atoms with Crippen LogP contribution in [0.1, 0.15) is 33.3 Å². The van der Waals surface area contributed by atoms with Gasteiger partial charge in [-0.15, -0.1) is 0 Å². The van der Waals surface area contributed by atoms with Gasteiger partial charge in [-0.05, 0) is 33.3 Å². The average molecular weight is 336 g/mol. The number of amides is 1. The summed E-state index contributed by atoms with van der Waals surface area (Å²) in [6, 6.07) is 1.71. The number of hydrogen-bond acceptors (Lipinski definition) is 4. The normalized spacial score (nSPS) is 11.0. The zero-order valence-corrected chi connectivity index (χ0v) is 14.2. The van der Waals surface area contributed by atoms with E-state index in [2.05, 4.69) is 5.32 Å². The van der Waals surface area contributed by atoms with Gasteiger partial charge in [-0.3, -0.25) is 5.32 Å². The Balaban J connectivity index is 3.23. The molecule has 0 saturated carbocycles. The van der Waals surface area contributed by atoms with E-state index in [-0.39, 0.29) is 16.5 Å². The van der Waals surface area contributed by atoms with E-state index in [9.17, 15) is 4.79 Å². The maximum Gasteiger partial charge on any atom is 0.412 e. The fourth-order valence-corrected chi connectivity index (χ4v) is 2.13. The van der Waals surface area contributed by atoms with E-state index < -0.39 is 11.7 Å². The second-order valence-electron chi connectivity index (χ2n) is 5.31. The fraction of sp³-hybridized carbons (Fsp3) is 0.500. The van der Waals surface area contributed by atoms with Crippen molar-refractivity contribution in [2.45, 2.75) is 39.7 Å². The molecule has 7 heteroatoms. The van der Waals surface area contributed by atoms with Crippen molar-refractivity contribution in [3.8, 4) is 11.5 Å². The monoisotopic (exact) mass is 335 g/mol. The Labute approximate surface area is 134 Å². The van der Waals surface area contributed by atoms with Crippen molar-refractivity contribution >= 4 is 35.2 Å². The van der Waals surface area contributed by atoms with Crippen LogP contribution in [-0.4, -0.2) is 18.8 Å². The molecule has 1 rings (SSSR count). The first kappa shape index (κ1) is 17.7. The summed E-state index contributed by atoms with van der Waals surface area (Å²) < 4.78 is 15.2. The molecule has 0 saturated heterocycles. The molecule has 0 aliphatic carbocycles. The summed E-state index contributed by atoms with van der Waals surface area (Å²) in [5.74, 6) is 0.688. The third-order valence-electron chi connectivity index (χ3n) is 2.56. The molecule has 1 amide bonds. The number of carbonyl (C=O) groups excluding carboxylic acids is 1. The van der Waals surface area contributed by atoms with Crippen LogP contribution < -0.4 is 14.3 Å². The molecule has 0 heterocycles. The van der Waals surface area contributed by atoms with Gasteiger partial charge in [-0.2, -0.15) is 0 Å². The molecule has 1 aromatic rings. The predicted octanol–water partition coefficient (Wildman–Crippen LogP) is 4.79. The molecule has 0 aliphatic heterocycles. The van der Waals surface area contributed by atoms with Crippen LogP contribution in [0.25, 0.3) is 0 Å². The number of hydrogen-bond donors (Lipinski definition) is 1. The van der Waals surface area contributed by atoms with Gasteiger partial charge < -0.3 is 13.8 Å². The second kappa shape index (κ2) is 7.09. The first-order chi connectivity index (χ1) is 9.73. The molecule has 0 bridgehead atoms. The van der Waals surface area contributed by atoms with Crippen molar-refractivity contribution in [3.05, 3.63) is 16.7 Å². The van der Waals surface area contributed by atoms with Gasteiger partial charge in [0.15, 0.2) is 5.75 Å².